The largest absolute Gasteiger partial charge is 0.505 e. The number of hydrogen-bond acceptors (Lipinski definition) is 8. The van der Waals surface area contributed by atoms with Gasteiger partial charge in [0.25, 0.3) is 5.78 Å². The van der Waals surface area contributed by atoms with Crippen molar-refractivity contribution in [2.24, 2.45) is 0 Å². The Balaban J connectivity index is 1.71. The van der Waals surface area contributed by atoms with Gasteiger partial charge in [-0.25, -0.2) is 14.8 Å². The van der Waals surface area contributed by atoms with Crippen molar-refractivity contribution in [2.45, 2.75) is 26.8 Å². The molecule has 1 N–H and O–H groups in total. The lowest BCUT2D eigenvalue weighted by Gasteiger charge is -2.23. The Morgan fingerprint density at radius 3 is 2.67 bits per heavy atom. The lowest BCUT2D eigenvalue weighted by Crippen LogP contribution is -2.29. The van der Waals surface area contributed by atoms with E-state index in [1.807, 2.05) is 35.7 Å². The molecule has 1 aliphatic rings. The van der Waals surface area contributed by atoms with E-state index in [1.54, 1.807) is 32.0 Å². The second kappa shape index (κ2) is 10.2. The number of thiazole rings is 1. The number of aromatic nitrogens is 3. The van der Waals surface area contributed by atoms with Crippen LogP contribution in [0.3, 0.4) is 0 Å². The molecule has 4 heterocycles. The van der Waals surface area contributed by atoms with Gasteiger partial charge in [0.15, 0.2) is 10.9 Å². The third kappa shape index (κ3) is 4.47. The molecule has 39 heavy (non-hydrogen) atoms. The first-order valence-electron chi connectivity index (χ1n) is 11.9. The molecule has 0 radical (unpaired) electrons. The summed E-state index contributed by atoms with van der Waals surface area (Å²) in [6, 6.07) is 9.84. The molecule has 1 aliphatic heterocycles. The highest BCUT2D eigenvalue weighted by atomic mass is 79.9. The highest BCUT2D eigenvalue weighted by molar-refractivity contribution is 9.10. The van der Waals surface area contributed by atoms with E-state index in [0.29, 0.717) is 27.1 Å². The Labute approximate surface area is 236 Å². The van der Waals surface area contributed by atoms with Gasteiger partial charge in [-0.1, -0.05) is 58.1 Å². The molecule has 0 spiro atoms. The second-order valence-corrected chi connectivity index (χ2v) is 10.8. The van der Waals surface area contributed by atoms with Crippen LogP contribution in [0.1, 0.15) is 43.9 Å². The van der Waals surface area contributed by atoms with Crippen LogP contribution in [0, 0.1) is 20.8 Å². The molecule has 9 nitrogen and oxygen atoms in total. The standard InChI is InChI=1S/C28H23BrN4O5S/c1-5-12-38-27(37)24-15(3)30-28(39-24)33-21(17-9-6-10-18(29)13-17)19(23(35)26(33)36)22(34)20-16(4)32-11-7-8-14(2)25(32)31-20/h5-11,13,21,34H,1,12H2,2-4H3/b22-19+. The van der Waals surface area contributed by atoms with E-state index in [1.165, 1.54) is 11.0 Å². The predicted molar refractivity (Wildman–Crippen MR) is 151 cm³/mol. The number of fused-ring (bicyclic) bond motifs is 1. The van der Waals surface area contributed by atoms with Crippen LogP contribution in [-0.2, 0) is 14.3 Å². The average Bonchev–Trinajstić information content (AvgIpc) is 3.54. The number of imidazole rings is 1. The molecular weight excluding hydrogens is 584 g/mol. The van der Waals surface area contributed by atoms with E-state index in [9.17, 15) is 19.5 Å². The van der Waals surface area contributed by atoms with Gasteiger partial charge < -0.3 is 14.2 Å². The normalized spacial score (nSPS) is 16.7. The molecule has 198 valence electrons. The van der Waals surface area contributed by atoms with E-state index in [-0.39, 0.29) is 33.6 Å². The topological polar surface area (TPSA) is 114 Å². The Hall–Kier alpha value is -4.09. The molecule has 1 saturated heterocycles. The molecule has 0 bridgehead atoms. The lowest BCUT2D eigenvalue weighted by molar-refractivity contribution is -0.132. The Kier molecular flexibility index (Phi) is 6.96. The summed E-state index contributed by atoms with van der Waals surface area (Å²) in [5.41, 5.74) is 3.12. The number of halogens is 1. The minimum atomic E-state index is -1.02. The minimum absolute atomic E-state index is 0.0197. The molecule has 1 aromatic carbocycles. The molecule has 1 atom stereocenters. The quantitative estimate of drug-likeness (QED) is 0.102. The van der Waals surface area contributed by atoms with Gasteiger partial charge in [-0.3, -0.25) is 14.5 Å². The van der Waals surface area contributed by atoms with Gasteiger partial charge >= 0.3 is 11.9 Å². The number of benzene rings is 1. The third-order valence-corrected chi connectivity index (χ3v) is 8.06. The molecule has 11 heteroatoms. The molecule has 3 aromatic heterocycles. The lowest BCUT2D eigenvalue weighted by atomic mass is 9.96. The van der Waals surface area contributed by atoms with Gasteiger partial charge in [0.1, 0.15) is 22.8 Å². The van der Waals surface area contributed by atoms with Gasteiger partial charge in [-0.05, 0) is 50.1 Å². The number of nitrogens with zero attached hydrogens (tertiary/aromatic N) is 4. The van der Waals surface area contributed by atoms with E-state index in [0.717, 1.165) is 16.9 Å². The van der Waals surface area contributed by atoms with Crippen LogP contribution in [0.2, 0.25) is 0 Å². The number of amides is 1. The molecule has 1 amide bonds. The first-order chi connectivity index (χ1) is 18.6. The molecule has 1 unspecified atom stereocenters. The fourth-order valence-corrected chi connectivity index (χ4v) is 5.98. The van der Waals surface area contributed by atoms with Gasteiger partial charge in [0.05, 0.1) is 23.0 Å². The molecular formula is C28H23BrN4O5S. The number of ether oxygens (including phenoxy) is 1. The highest BCUT2D eigenvalue weighted by Crippen LogP contribution is 2.44. The third-order valence-electron chi connectivity index (χ3n) is 6.43. The maximum atomic E-state index is 13.6. The number of rotatable bonds is 6. The Bertz CT molecular complexity index is 1720. The predicted octanol–water partition coefficient (Wildman–Crippen LogP) is 5.45. The first kappa shape index (κ1) is 26.5. The van der Waals surface area contributed by atoms with Crippen LogP contribution in [0.5, 0.6) is 0 Å². The Morgan fingerprint density at radius 1 is 1.21 bits per heavy atom. The van der Waals surface area contributed by atoms with Crippen LogP contribution in [0.15, 0.2) is 65.3 Å². The smallest absolute Gasteiger partial charge is 0.350 e. The summed E-state index contributed by atoms with van der Waals surface area (Å²) >= 11 is 4.39. The average molecular weight is 607 g/mol. The van der Waals surface area contributed by atoms with Crippen molar-refractivity contribution >= 4 is 61.5 Å². The fraction of sp³-hybridized carbons (Fsp3) is 0.179. The van der Waals surface area contributed by atoms with Gasteiger partial charge in [0.2, 0.25) is 0 Å². The molecule has 1 fully saturated rings. The van der Waals surface area contributed by atoms with E-state index in [2.05, 4.69) is 32.5 Å². The fourth-order valence-electron chi connectivity index (χ4n) is 4.57. The number of carbonyl (C=O) groups excluding carboxylic acids is 3. The summed E-state index contributed by atoms with van der Waals surface area (Å²) in [6.45, 7) is 8.86. The maximum absolute atomic E-state index is 13.6. The number of aliphatic hydroxyl groups is 1. The number of Topliss-reactive ketones (excluding diaryl/α,β-unsaturated/α-hetero) is 1. The number of pyridine rings is 1. The van der Waals surface area contributed by atoms with Crippen molar-refractivity contribution in [3.63, 3.8) is 0 Å². The summed E-state index contributed by atoms with van der Waals surface area (Å²) < 4.78 is 7.69. The summed E-state index contributed by atoms with van der Waals surface area (Å²) in [5.74, 6) is -2.75. The van der Waals surface area contributed by atoms with Gasteiger partial charge in [-0.2, -0.15) is 0 Å². The van der Waals surface area contributed by atoms with Crippen molar-refractivity contribution in [1.29, 1.82) is 0 Å². The van der Waals surface area contributed by atoms with E-state index in [4.69, 9.17) is 4.74 Å². The van der Waals surface area contributed by atoms with Crippen LogP contribution in [-0.4, -0.2) is 43.7 Å². The first-order valence-corrected chi connectivity index (χ1v) is 13.5. The van der Waals surface area contributed by atoms with Gasteiger partial charge in [0, 0.05) is 10.7 Å². The molecule has 5 rings (SSSR count). The van der Waals surface area contributed by atoms with Crippen molar-refractivity contribution in [1.82, 2.24) is 14.4 Å². The maximum Gasteiger partial charge on any atom is 0.350 e. The highest BCUT2D eigenvalue weighted by Gasteiger charge is 2.49. The van der Waals surface area contributed by atoms with Crippen LogP contribution in [0.4, 0.5) is 5.13 Å². The van der Waals surface area contributed by atoms with Crippen molar-refractivity contribution in [3.05, 3.63) is 98.4 Å². The number of aryl methyl sites for hydroxylation is 3. The summed E-state index contributed by atoms with van der Waals surface area (Å²) in [7, 11) is 0. The van der Waals surface area contributed by atoms with Crippen LogP contribution >= 0.6 is 27.3 Å². The van der Waals surface area contributed by atoms with Crippen LogP contribution < -0.4 is 4.90 Å². The summed E-state index contributed by atoms with van der Waals surface area (Å²) in [5, 5.41) is 11.7. The number of aliphatic hydroxyl groups excluding tert-OH is 1. The monoisotopic (exact) mass is 606 g/mol. The van der Waals surface area contributed by atoms with Gasteiger partial charge in [-0.15, -0.1) is 0 Å². The number of anilines is 1. The number of hydrogen-bond donors (Lipinski definition) is 1. The molecule has 0 aliphatic carbocycles. The van der Waals surface area contributed by atoms with Crippen molar-refractivity contribution in [3.8, 4) is 0 Å². The van der Waals surface area contributed by atoms with E-state index >= 15 is 0 Å². The minimum Gasteiger partial charge on any atom is -0.505 e. The Morgan fingerprint density at radius 2 is 1.97 bits per heavy atom. The van der Waals surface area contributed by atoms with Crippen molar-refractivity contribution in [2.75, 3.05) is 11.5 Å². The summed E-state index contributed by atoms with van der Waals surface area (Å²) in [6.07, 6.45) is 3.26. The zero-order chi connectivity index (χ0) is 28.0. The summed E-state index contributed by atoms with van der Waals surface area (Å²) in [4.78, 5) is 50.1. The van der Waals surface area contributed by atoms with Crippen LogP contribution in [0.25, 0.3) is 11.4 Å². The molecule has 4 aromatic rings. The number of esters is 1. The molecule has 0 saturated carbocycles. The zero-order valence-corrected chi connectivity index (χ0v) is 23.7. The number of ketones is 1. The number of carbonyl (C=O) groups is 3. The second-order valence-electron chi connectivity index (χ2n) is 8.95. The zero-order valence-electron chi connectivity index (χ0n) is 21.3. The van der Waals surface area contributed by atoms with E-state index < -0.39 is 23.7 Å². The van der Waals surface area contributed by atoms with Crippen molar-refractivity contribution < 1.29 is 24.2 Å². The SMILES string of the molecule is C=CCOC(=O)c1sc(N2C(=O)C(=O)/C(=C(/O)c3nc4c(C)cccn4c3C)C2c2cccc(Br)c2)nc1C.